The van der Waals surface area contributed by atoms with Crippen LogP contribution in [-0.2, 0) is 10.3 Å². The first-order valence-electron chi connectivity index (χ1n) is 4.88. The average Bonchev–Trinajstić information content (AvgIpc) is 2.24. The quantitative estimate of drug-likeness (QED) is 0.802. The van der Waals surface area contributed by atoms with E-state index in [-0.39, 0.29) is 6.54 Å². The molecule has 0 aromatic heterocycles. The highest BCUT2D eigenvalue weighted by atomic mass is 32.2. The molecule has 0 bridgehead atoms. The number of benzene rings is 1. The molecule has 0 unspecified atom stereocenters. The van der Waals surface area contributed by atoms with Crippen LogP contribution < -0.4 is 9.04 Å². The van der Waals surface area contributed by atoms with E-state index in [4.69, 9.17) is 9.29 Å². The summed E-state index contributed by atoms with van der Waals surface area (Å²) in [5.41, 5.74) is 0.392. The highest BCUT2D eigenvalue weighted by Crippen LogP contribution is 2.22. The molecule has 0 amide bonds. The average molecular weight is 245 g/mol. The van der Waals surface area contributed by atoms with Gasteiger partial charge in [0.1, 0.15) is 5.75 Å². The van der Waals surface area contributed by atoms with Crippen LogP contribution in [0.3, 0.4) is 0 Å². The summed E-state index contributed by atoms with van der Waals surface area (Å²) in [5, 5.41) is 0. The first-order valence-corrected chi connectivity index (χ1v) is 6.28. The van der Waals surface area contributed by atoms with Crippen LogP contribution in [0.15, 0.2) is 24.3 Å². The molecular formula is C10H15NO4S. The predicted octanol–water partition coefficient (Wildman–Crippen LogP) is 1.71. The molecule has 0 radical (unpaired) electrons. The number of anilines is 1. The highest BCUT2D eigenvalue weighted by Gasteiger charge is 2.18. The Hall–Kier alpha value is -1.27. The highest BCUT2D eigenvalue weighted by molar-refractivity contribution is 7.87. The Balaban J connectivity index is 3.11. The van der Waals surface area contributed by atoms with Gasteiger partial charge >= 0.3 is 10.3 Å². The van der Waals surface area contributed by atoms with Crippen molar-refractivity contribution in [3.8, 4) is 5.75 Å². The Kier molecular flexibility index (Phi) is 4.14. The van der Waals surface area contributed by atoms with Crippen LogP contribution in [-0.4, -0.2) is 26.6 Å². The van der Waals surface area contributed by atoms with Crippen LogP contribution in [0.5, 0.6) is 5.75 Å². The van der Waals surface area contributed by atoms with Crippen molar-refractivity contribution in [2.24, 2.45) is 0 Å². The second-order valence-electron chi connectivity index (χ2n) is 3.25. The largest absolute Gasteiger partial charge is 0.497 e. The maximum Gasteiger partial charge on any atom is 0.359 e. The van der Waals surface area contributed by atoms with Crippen molar-refractivity contribution in [1.82, 2.24) is 0 Å². The molecule has 0 saturated carbocycles. The molecule has 0 heterocycles. The summed E-state index contributed by atoms with van der Waals surface area (Å²) in [6, 6.07) is 6.54. The van der Waals surface area contributed by atoms with Gasteiger partial charge in [-0.05, 0) is 18.6 Å². The Morgan fingerprint density at radius 2 is 2.12 bits per heavy atom. The molecule has 0 fully saturated rings. The number of nitrogens with zero attached hydrogens (tertiary/aromatic N) is 1. The van der Waals surface area contributed by atoms with Gasteiger partial charge in [-0.1, -0.05) is 13.0 Å². The van der Waals surface area contributed by atoms with Crippen LogP contribution in [0, 0.1) is 0 Å². The summed E-state index contributed by atoms with van der Waals surface area (Å²) in [4.78, 5) is 0. The predicted molar refractivity (Wildman–Crippen MR) is 62.2 cm³/mol. The van der Waals surface area contributed by atoms with Gasteiger partial charge < -0.3 is 4.74 Å². The molecule has 6 heteroatoms. The zero-order valence-corrected chi connectivity index (χ0v) is 10.1. The summed E-state index contributed by atoms with van der Waals surface area (Å²) >= 11 is 0. The van der Waals surface area contributed by atoms with E-state index in [1.165, 1.54) is 7.11 Å². The third kappa shape index (κ3) is 3.11. The molecular weight excluding hydrogens is 230 g/mol. The van der Waals surface area contributed by atoms with E-state index >= 15 is 0 Å². The van der Waals surface area contributed by atoms with Gasteiger partial charge in [-0.25, -0.2) is 4.31 Å². The first kappa shape index (κ1) is 12.8. The number of hydrogen-bond donors (Lipinski definition) is 1. The Morgan fingerprint density at radius 1 is 1.44 bits per heavy atom. The fraction of sp³-hybridized carbons (Fsp3) is 0.400. The fourth-order valence-electron chi connectivity index (χ4n) is 1.35. The van der Waals surface area contributed by atoms with Crippen LogP contribution in [0.2, 0.25) is 0 Å². The third-order valence-electron chi connectivity index (χ3n) is 2.05. The molecule has 0 aliphatic heterocycles. The van der Waals surface area contributed by atoms with E-state index in [1.54, 1.807) is 24.3 Å². The minimum absolute atomic E-state index is 0.228. The Morgan fingerprint density at radius 3 is 2.62 bits per heavy atom. The van der Waals surface area contributed by atoms with E-state index < -0.39 is 10.3 Å². The number of rotatable bonds is 5. The second kappa shape index (κ2) is 5.18. The van der Waals surface area contributed by atoms with Crippen molar-refractivity contribution in [2.75, 3.05) is 18.0 Å². The van der Waals surface area contributed by atoms with E-state index in [1.807, 2.05) is 6.92 Å². The Bertz CT molecular complexity index is 444. The smallest absolute Gasteiger partial charge is 0.359 e. The van der Waals surface area contributed by atoms with Gasteiger partial charge in [0.15, 0.2) is 0 Å². The summed E-state index contributed by atoms with van der Waals surface area (Å²) in [7, 11) is -2.73. The van der Waals surface area contributed by atoms with Crippen molar-refractivity contribution in [1.29, 1.82) is 0 Å². The molecule has 5 nitrogen and oxygen atoms in total. The van der Waals surface area contributed by atoms with Crippen LogP contribution in [0.1, 0.15) is 13.3 Å². The standard InChI is InChI=1S/C10H15NO4S/c1-3-7-11(16(12,13)14)9-5-4-6-10(8-9)15-2/h4-6,8H,3,7H2,1-2H3,(H,12,13,14). The molecule has 1 aromatic carbocycles. The molecule has 16 heavy (non-hydrogen) atoms. The minimum atomic E-state index is -4.23. The molecule has 0 spiro atoms. The maximum atomic E-state index is 11.2. The lowest BCUT2D eigenvalue weighted by Crippen LogP contribution is -2.30. The van der Waals surface area contributed by atoms with E-state index in [9.17, 15) is 8.42 Å². The van der Waals surface area contributed by atoms with Crippen LogP contribution in [0.4, 0.5) is 5.69 Å². The number of hydrogen-bond acceptors (Lipinski definition) is 3. The third-order valence-corrected chi connectivity index (χ3v) is 3.00. The normalized spacial score (nSPS) is 11.2. The summed E-state index contributed by atoms with van der Waals surface area (Å²) in [6.07, 6.45) is 0.608. The molecule has 0 saturated heterocycles. The molecule has 1 aromatic rings. The topological polar surface area (TPSA) is 66.8 Å². The van der Waals surface area contributed by atoms with E-state index in [0.29, 0.717) is 17.9 Å². The summed E-state index contributed by atoms with van der Waals surface area (Å²) in [5.74, 6) is 0.544. The summed E-state index contributed by atoms with van der Waals surface area (Å²) in [6.45, 7) is 2.06. The molecule has 1 rings (SSSR count). The van der Waals surface area contributed by atoms with Gasteiger partial charge in [0.2, 0.25) is 0 Å². The zero-order chi connectivity index (χ0) is 12.2. The molecule has 1 N–H and O–H groups in total. The van der Waals surface area contributed by atoms with E-state index in [2.05, 4.69) is 0 Å². The minimum Gasteiger partial charge on any atom is -0.497 e. The Labute approximate surface area is 95.5 Å². The van der Waals surface area contributed by atoms with Gasteiger partial charge in [0.25, 0.3) is 0 Å². The van der Waals surface area contributed by atoms with Gasteiger partial charge in [0.05, 0.1) is 12.8 Å². The lowest BCUT2D eigenvalue weighted by atomic mass is 10.3. The molecule has 0 atom stereocenters. The van der Waals surface area contributed by atoms with Gasteiger partial charge in [-0.2, -0.15) is 8.42 Å². The van der Waals surface area contributed by atoms with Crippen molar-refractivity contribution >= 4 is 16.0 Å². The molecule has 0 aliphatic rings. The van der Waals surface area contributed by atoms with Gasteiger partial charge in [-0.3, -0.25) is 4.55 Å². The van der Waals surface area contributed by atoms with Crippen LogP contribution >= 0.6 is 0 Å². The monoisotopic (exact) mass is 245 g/mol. The summed E-state index contributed by atoms with van der Waals surface area (Å²) < 4.78 is 37.3. The lowest BCUT2D eigenvalue weighted by molar-refractivity contribution is 0.415. The van der Waals surface area contributed by atoms with Crippen molar-refractivity contribution in [3.63, 3.8) is 0 Å². The maximum absolute atomic E-state index is 11.2. The van der Waals surface area contributed by atoms with Crippen LogP contribution in [0.25, 0.3) is 0 Å². The first-order chi connectivity index (χ1) is 7.49. The van der Waals surface area contributed by atoms with Crippen molar-refractivity contribution < 1.29 is 17.7 Å². The van der Waals surface area contributed by atoms with Crippen molar-refractivity contribution in [3.05, 3.63) is 24.3 Å². The lowest BCUT2D eigenvalue weighted by Gasteiger charge is -2.20. The molecule has 0 aliphatic carbocycles. The SMILES string of the molecule is CCCN(c1cccc(OC)c1)S(=O)(=O)O. The molecule has 90 valence electrons. The zero-order valence-electron chi connectivity index (χ0n) is 9.25. The second-order valence-corrected chi connectivity index (χ2v) is 4.59. The number of ether oxygens (including phenoxy) is 1. The van der Waals surface area contributed by atoms with Crippen molar-refractivity contribution in [2.45, 2.75) is 13.3 Å². The van der Waals surface area contributed by atoms with E-state index in [0.717, 1.165) is 4.31 Å². The van der Waals surface area contributed by atoms with Gasteiger partial charge in [0, 0.05) is 12.6 Å². The van der Waals surface area contributed by atoms with Gasteiger partial charge in [-0.15, -0.1) is 0 Å². The number of methoxy groups -OCH3 is 1. The fourth-order valence-corrected chi connectivity index (χ4v) is 2.14.